The van der Waals surface area contributed by atoms with Gasteiger partial charge in [-0.15, -0.1) is 0 Å². The molecule has 0 aliphatic heterocycles. The molecule has 1 aromatic carbocycles. The Morgan fingerprint density at radius 3 is 1.96 bits per heavy atom. The van der Waals surface area contributed by atoms with Gasteiger partial charge in [0, 0.05) is 12.8 Å². The molecule has 3 heteroatoms. The van der Waals surface area contributed by atoms with Crippen molar-refractivity contribution in [2.75, 3.05) is 0 Å². The van der Waals surface area contributed by atoms with Crippen LogP contribution in [0.25, 0.3) is 0 Å². The summed E-state index contributed by atoms with van der Waals surface area (Å²) in [5.74, 6) is -0.0368. The Kier molecular flexibility index (Phi) is 13.4. The first kappa shape index (κ1) is 22.4. The Bertz CT molecular complexity index is 472. The highest BCUT2D eigenvalue weighted by molar-refractivity contribution is 5.79. The van der Waals surface area contributed by atoms with Gasteiger partial charge in [-0.05, 0) is 12.0 Å². The summed E-state index contributed by atoms with van der Waals surface area (Å²) >= 11 is 0. The summed E-state index contributed by atoms with van der Waals surface area (Å²) in [5, 5.41) is 2.79. The third-order valence-corrected chi connectivity index (χ3v) is 4.77. The molecule has 0 aliphatic carbocycles. The summed E-state index contributed by atoms with van der Waals surface area (Å²) in [6, 6.07) is 9.18. The Labute approximate surface area is 160 Å². The third kappa shape index (κ3) is 11.8. The molecule has 0 spiro atoms. The molecule has 26 heavy (non-hydrogen) atoms. The minimum absolute atomic E-state index is 0.0368. The highest BCUT2D eigenvalue weighted by Gasteiger charge is 2.12. The van der Waals surface area contributed by atoms with E-state index in [1.807, 2.05) is 36.6 Å². The van der Waals surface area contributed by atoms with E-state index >= 15 is 0 Å². The second-order valence-corrected chi connectivity index (χ2v) is 7.21. The molecule has 1 radical (unpaired) electrons. The van der Waals surface area contributed by atoms with Crippen molar-refractivity contribution in [2.24, 2.45) is 0 Å². The maximum Gasteiger partial charge on any atom is 0.223 e. The van der Waals surface area contributed by atoms with E-state index in [0.29, 0.717) is 12.8 Å². The normalized spacial score (nSPS) is 11.9. The van der Waals surface area contributed by atoms with Gasteiger partial charge in [0.25, 0.3) is 0 Å². The molecule has 0 aliphatic rings. The molecule has 1 atom stereocenters. The first-order chi connectivity index (χ1) is 12.8. The molecule has 0 saturated heterocycles. The van der Waals surface area contributed by atoms with E-state index in [2.05, 4.69) is 12.2 Å². The predicted octanol–water partition coefficient (Wildman–Crippen LogP) is 5.52. The predicted molar refractivity (Wildman–Crippen MR) is 109 cm³/mol. The molecule has 1 rings (SSSR count). The van der Waals surface area contributed by atoms with Crippen LogP contribution in [0.5, 0.6) is 0 Å². The summed E-state index contributed by atoms with van der Waals surface area (Å²) in [4.78, 5) is 23.0. The van der Waals surface area contributed by atoms with E-state index in [4.69, 9.17) is 0 Å². The second-order valence-electron chi connectivity index (χ2n) is 7.21. The smallest absolute Gasteiger partial charge is 0.223 e. The van der Waals surface area contributed by atoms with E-state index < -0.39 is 6.04 Å². The lowest BCUT2D eigenvalue weighted by Gasteiger charge is -2.12. The van der Waals surface area contributed by atoms with Gasteiger partial charge >= 0.3 is 0 Å². The van der Waals surface area contributed by atoms with Crippen LogP contribution in [0.2, 0.25) is 0 Å². The van der Waals surface area contributed by atoms with Crippen molar-refractivity contribution in [3.8, 4) is 0 Å². The van der Waals surface area contributed by atoms with Crippen molar-refractivity contribution < 1.29 is 9.59 Å². The van der Waals surface area contributed by atoms with Gasteiger partial charge in [0.15, 0.2) is 0 Å². The maximum atomic E-state index is 12.0. The molecule has 3 nitrogen and oxygen atoms in total. The average molecular weight is 359 g/mol. The number of benzene rings is 1. The van der Waals surface area contributed by atoms with Gasteiger partial charge in [-0.25, -0.2) is 0 Å². The molecular formula is C23H36NO2. The Hall–Kier alpha value is -1.64. The quantitative estimate of drug-likeness (QED) is 0.395. The van der Waals surface area contributed by atoms with Crippen molar-refractivity contribution in [1.29, 1.82) is 0 Å². The van der Waals surface area contributed by atoms with Crippen molar-refractivity contribution in [3.63, 3.8) is 0 Å². The summed E-state index contributed by atoms with van der Waals surface area (Å²) < 4.78 is 0. The van der Waals surface area contributed by atoms with Crippen LogP contribution in [-0.4, -0.2) is 18.2 Å². The number of carbonyl (C=O) groups is 1. The molecule has 1 N–H and O–H groups in total. The zero-order valence-electron chi connectivity index (χ0n) is 16.5. The lowest BCUT2D eigenvalue weighted by atomic mass is 10.0. The van der Waals surface area contributed by atoms with E-state index in [1.54, 1.807) is 0 Å². The fourth-order valence-corrected chi connectivity index (χ4v) is 3.19. The van der Waals surface area contributed by atoms with Crippen molar-refractivity contribution >= 4 is 12.2 Å². The average Bonchev–Trinajstić information content (AvgIpc) is 2.66. The zero-order chi connectivity index (χ0) is 18.9. The van der Waals surface area contributed by atoms with Gasteiger partial charge in [0.05, 0.1) is 6.04 Å². The number of nitrogens with one attached hydrogen (secondary N) is 1. The van der Waals surface area contributed by atoms with Crippen LogP contribution in [0.3, 0.4) is 0 Å². The number of hydrogen-bond donors (Lipinski definition) is 1. The molecule has 1 aromatic rings. The summed E-state index contributed by atoms with van der Waals surface area (Å²) in [6.07, 6.45) is 16.9. The van der Waals surface area contributed by atoms with Gasteiger partial charge in [-0.1, -0.05) is 101 Å². The highest BCUT2D eigenvalue weighted by Crippen LogP contribution is 2.12. The number of carbonyl (C=O) groups excluding carboxylic acids is 2. The van der Waals surface area contributed by atoms with Crippen molar-refractivity contribution in [2.45, 2.75) is 96.4 Å². The van der Waals surface area contributed by atoms with Crippen LogP contribution < -0.4 is 5.32 Å². The van der Waals surface area contributed by atoms with Gasteiger partial charge in [-0.2, -0.15) is 0 Å². The number of rotatable bonds is 16. The first-order valence-corrected chi connectivity index (χ1v) is 10.5. The second kappa shape index (κ2) is 15.6. The SMILES string of the molecule is CCCCCCCCCCCCCC(=O)N[C@H]([C]=O)Cc1ccccc1. The summed E-state index contributed by atoms with van der Waals surface area (Å²) in [7, 11) is 0. The number of hydrogen-bond acceptors (Lipinski definition) is 2. The lowest BCUT2D eigenvalue weighted by Crippen LogP contribution is -2.37. The fourth-order valence-electron chi connectivity index (χ4n) is 3.19. The molecule has 0 aromatic heterocycles. The lowest BCUT2D eigenvalue weighted by molar-refractivity contribution is -0.121. The summed E-state index contributed by atoms with van der Waals surface area (Å²) in [6.45, 7) is 2.25. The molecule has 1 amide bonds. The van der Waals surface area contributed by atoms with Crippen LogP contribution in [0.15, 0.2) is 30.3 Å². The first-order valence-electron chi connectivity index (χ1n) is 10.5. The van der Waals surface area contributed by atoms with E-state index in [9.17, 15) is 9.59 Å². The van der Waals surface area contributed by atoms with E-state index in [1.165, 1.54) is 57.8 Å². The maximum absolute atomic E-state index is 12.0. The van der Waals surface area contributed by atoms with E-state index in [0.717, 1.165) is 18.4 Å². The van der Waals surface area contributed by atoms with Crippen LogP contribution in [0.1, 0.15) is 89.5 Å². The van der Waals surface area contributed by atoms with E-state index in [-0.39, 0.29) is 5.91 Å². The zero-order valence-corrected chi connectivity index (χ0v) is 16.5. The Balaban J connectivity index is 1.99. The van der Waals surface area contributed by atoms with Gasteiger partial charge in [0.2, 0.25) is 12.2 Å². The molecule has 145 valence electrons. The molecule has 0 saturated carbocycles. The van der Waals surface area contributed by atoms with Crippen molar-refractivity contribution in [3.05, 3.63) is 35.9 Å². The Morgan fingerprint density at radius 2 is 1.42 bits per heavy atom. The number of unbranched alkanes of at least 4 members (excludes halogenated alkanes) is 10. The monoisotopic (exact) mass is 358 g/mol. The topological polar surface area (TPSA) is 46.2 Å². The minimum Gasteiger partial charge on any atom is -0.345 e. The molecular weight excluding hydrogens is 322 g/mol. The standard InChI is InChI=1S/C23H36NO2/c1-2-3-4-5-6-7-8-9-10-11-15-18-23(26)24-22(20-25)19-21-16-13-12-14-17-21/h12-14,16-17,22H,2-11,15,18-19H2,1H3,(H,24,26)/t22-/m0/s1. The van der Waals surface area contributed by atoms with Crippen molar-refractivity contribution in [1.82, 2.24) is 5.32 Å². The minimum atomic E-state index is -0.544. The fraction of sp³-hybridized carbons (Fsp3) is 0.652. The van der Waals surface area contributed by atoms with Crippen LogP contribution in [-0.2, 0) is 16.0 Å². The van der Waals surface area contributed by atoms with Gasteiger partial charge < -0.3 is 5.32 Å². The third-order valence-electron chi connectivity index (χ3n) is 4.77. The highest BCUT2D eigenvalue weighted by atomic mass is 16.2. The van der Waals surface area contributed by atoms with Crippen LogP contribution in [0, 0.1) is 0 Å². The van der Waals surface area contributed by atoms with Crippen LogP contribution in [0.4, 0.5) is 0 Å². The molecule has 0 bridgehead atoms. The molecule has 0 heterocycles. The largest absolute Gasteiger partial charge is 0.345 e. The van der Waals surface area contributed by atoms with Gasteiger partial charge in [0.1, 0.15) is 0 Å². The van der Waals surface area contributed by atoms with Gasteiger partial charge in [-0.3, -0.25) is 9.59 Å². The molecule has 0 unspecified atom stereocenters. The Morgan fingerprint density at radius 1 is 0.885 bits per heavy atom. The molecule has 0 fully saturated rings. The number of amides is 1. The summed E-state index contributed by atoms with van der Waals surface area (Å²) in [5.41, 5.74) is 1.04. The van der Waals surface area contributed by atoms with Crippen LogP contribution >= 0.6 is 0 Å².